The highest BCUT2D eigenvalue weighted by Crippen LogP contribution is 2.41. The van der Waals surface area contributed by atoms with E-state index in [0.29, 0.717) is 36.5 Å². The number of nitrogens with zero attached hydrogens (tertiary/aromatic N) is 1. The first kappa shape index (κ1) is 24.4. The maximum absolute atomic E-state index is 14.5. The van der Waals surface area contributed by atoms with Gasteiger partial charge in [0.25, 0.3) is 10.0 Å². The van der Waals surface area contributed by atoms with Crippen LogP contribution in [0.1, 0.15) is 37.7 Å². The minimum atomic E-state index is -4.00. The number of sulfonamides is 1. The minimum Gasteiger partial charge on any atom is -0.486 e. The molecule has 0 aromatic heterocycles. The number of ether oxygens (including phenoxy) is 1. The lowest BCUT2D eigenvalue weighted by Crippen LogP contribution is -2.43. The van der Waals surface area contributed by atoms with Crippen LogP contribution in [0, 0.1) is 24.5 Å². The topological polar surface area (TPSA) is 63.7 Å². The Labute approximate surface area is 209 Å². The monoisotopic (exact) mass is 511 g/mol. The Kier molecular flexibility index (Phi) is 6.55. The lowest BCUT2D eigenvalue weighted by Gasteiger charge is -2.36. The van der Waals surface area contributed by atoms with Crippen LogP contribution in [-0.4, -0.2) is 26.8 Å². The number of carbonyl (C=O) groups excluding carboxylic acids is 1. The second kappa shape index (κ2) is 9.65. The summed E-state index contributed by atoms with van der Waals surface area (Å²) >= 11 is 0. The molecule has 0 spiro atoms. The average molecular weight is 512 g/mol. The first-order valence-electron chi connectivity index (χ1n) is 12.1. The van der Waals surface area contributed by atoms with Gasteiger partial charge in [-0.2, -0.15) is 0 Å². The zero-order chi connectivity index (χ0) is 25.4. The molecule has 1 saturated carbocycles. The van der Waals surface area contributed by atoms with Gasteiger partial charge in [0.2, 0.25) is 0 Å². The molecule has 0 N–H and O–H groups in total. The van der Waals surface area contributed by atoms with Crippen molar-refractivity contribution in [2.75, 3.05) is 10.8 Å². The van der Waals surface area contributed by atoms with E-state index < -0.39 is 27.8 Å². The first-order chi connectivity index (χ1) is 17.2. The number of fused-ring (bicyclic) bond motifs is 1. The van der Waals surface area contributed by atoms with Crippen LogP contribution in [0.25, 0.3) is 11.1 Å². The molecule has 3 aromatic rings. The fraction of sp³-hybridized carbons (Fsp3) is 0.321. The third-order valence-electron chi connectivity index (χ3n) is 6.67. The predicted molar refractivity (Wildman–Crippen MR) is 134 cm³/mol. The minimum absolute atomic E-state index is 0.00900. The molecule has 5 nitrogen and oxygen atoms in total. The van der Waals surface area contributed by atoms with Crippen molar-refractivity contribution in [3.63, 3.8) is 0 Å². The average Bonchev–Trinajstić information content (AvgIpc) is 3.67. The van der Waals surface area contributed by atoms with Gasteiger partial charge in [0.1, 0.15) is 29.3 Å². The number of aryl methyl sites for hydroxylation is 1. The van der Waals surface area contributed by atoms with Gasteiger partial charge in [-0.05, 0) is 85.7 Å². The van der Waals surface area contributed by atoms with Crippen LogP contribution in [0.15, 0.2) is 65.6 Å². The van der Waals surface area contributed by atoms with E-state index in [9.17, 15) is 22.0 Å². The second-order valence-corrected chi connectivity index (χ2v) is 11.5. The molecule has 36 heavy (non-hydrogen) atoms. The summed E-state index contributed by atoms with van der Waals surface area (Å²) in [5.74, 6) is -0.242. The van der Waals surface area contributed by atoms with Crippen molar-refractivity contribution in [2.24, 2.45) is 5.92 Å². The SMILES string of the molecule is Cc1cccc(S(=O)(=O)N2C[C@H](CCC(=O)CC3CC3)Oc3ccc(-c4cc(F)ccc4F)cc32)c1. The molecule has 0 bridgehead atoms. The van der Waals surface area contributed by atoms with Crippen LogP contribution in [0.4, 0.5) is 14.5 Å². The summed E-state index contributed by atoms with van der Waals surface area (Å²) in [6.07, 6.45) is 2.95. The van der Waals surface area contributed by atoms with E-state index in [2.05, 4.69) is 0 Å². The predicted octanol–water partition coefficient (Wildman–Crippen LogP) is 6.05. The zero-order valence-electron chi connectivity index (χ0n) is 19.9. The molecule has 0 saturated heterocycles. The van der Waals surface area contributed by atoms with Gasteiger partial charge >= 0.3 is 0 Å². The molecule has 0 unspecified atom stereocenters. The molecular weight excluding hydrogens is 484 g/mol. The van der Waals surface area contributed by atoms with Crippen molar-refractivity contribution in [1.29, 1.82) is 0 Å². The fourth-order valence-electron chi connectivity index (χ4n) is 4.55. The van der Waals surface area contributed by atoms with Crippen molar-refractivity contribution in [2.45, 2.75) is 50.0 Å². The molecule has 0 amide bonds. The van der Waals surface area contributed by atoms with Crippen molar-refractivity contribution in [3.05, 3.63) is 77.9 Å². The van der Waals surface area contributed by atoms with Gasteiger partial charge in [0.15, 0.2) is 0 Å². The van der Waals surface area contributed by atoms with Crippen molar-refractivity contribution in [3.8, 4) is 16.9 Å². The third kappa shape index (κ3) is 5.14. The molecule has 1 aliphatic carbocycles. The maximum atomic E-state index is 14.5. The van der Waals surface area contributed by atoms with Crippen LogP contribution in [0.2, 0.25) is 0 Å². The van der Waals surface area contributed by atoms with Crippen LogP contribution in [-0.2, 0) is 14.8 Å². The molecule has 8 heteroatoms. The van der Waals surface area contributed by atoms with Crippen LogP contribution >= 0.6 is 0 Å². The number of rotatable bonds is 8. The van der Waals surface area contributed by atoms with E-state index in [0.717, 1.165) is 36.6 Å². The molecule has 1 fully saturated rings. The van der Waals surface area contributed by atoms with Gasteiger partial charge < -0.3 is 4.74 Å². The van der Waals surface area contributed by atoms with Gasteiger partial charge in [-0.25, -0.2) is 17.2 Å². The molecular formula is C28H27F2NO4S. The summed E-state index contributed by atoms with van der Waals surface area (Å²) in [5, 5.41) is 0. The Balaban J connectivity index is 1.51. The summed E-state index contributed by atoms with van der Waals surface area (Å²) in [6.45, 7) is 1.82. The Morgan fingerprint density at radius 3 is 2.61 bits per heavy atom. The molecule has 188 valence electrons. The number of halogens is 2. The summed E-state index contributed by atoms with van der Waals surface area (Å²) < 4.78 is 63.3. The summed E-state index contributed by atoms with van der Waals surface area (Å²) in [5.41, 5.74) is 1.40. The van der Waals surface area contributed by atoms with E-state index in [1.54, 1.807) is 24.3 Å². The molecule has 1 heterocycles. The van der Waals surface area contributed by atoms with Crippen molar-refractivity contribution >= 4 is 21.5 Å². The fourth-order valence-corrected chi connectivity index (χ4v) is 6.15. The largest absolute Gasteiger partial charge is 0.486 e. The van der Waals surface area contributed by atoms with Gasteiger partial charge in [-0.15, -0.1) is 0 Å². The molecule has 0 radical (unpaired) electrons. The number of anilines is 1. The first-order valence-corrected chi connectivity index (χ1v) is 13.5. The van der Waals surface area contributed by atoms with E-state index in [1.807, 2.05) is 13.0 Å². The number of benzene rings is 3. The molecule has 1 aliphatic heterocycles. The molecule has 1 atom stereocenters. The second-order valence-electron chi connectivity index (χ2n) is 9.62. The lowest BCUT2D eigenvalue weighted by molar-refractivity contribution is -0.119. The number of ketones is 1. The van der Waals surface area contributed by atoms with Gasteiger partial charge in [0.05, 0.1) is 17.1 Å². The highest BCUT2D eigenvalue weighted by molar-refractivity contribution is 7.92. The normalized spacial score (nSPS) is 17.4. The molecule has 3 aromatic carbocycles. The maximum Gasteiger partial charge on any atom is 0.264 e. The smallest absolute Gasteiger partial charge is 0.264 e. The quantitative estimate of drug-likeness (QED) is 0.370. The van der Waals surface area contributed by atoms with E-state index in [1.165, 1.54) is 16.4 Å². The van der Waals surface area contributed by atoms with Crippen LogP contribution in [0.5, 0.6) is 5.75 Å². The Morgan fingerprint density at radius 2 is 1.86 bits per heavy atom. The highest BCUT2D eigenvalue weighted by Gasteiger charge is 2.35. The van der Waals surface area contributed by atoms with Gasteiger partial charge in [-0.1, -0.05) is 18.2 Å². The third-order valence-corrected chi connectivity index (χ3v) is 8.44. The number of hydrogen-bond acceptors (Lipinski definition) is 4. The van der Waals surface area contributed by atoms with Crippen LogP contribution in [0.3, 0.4) is 0 Å². The number of carbonyl (C=O) groups is 1. The Morgan fingerprint density at radius 1 is 1.06 bits per heavy atom. The summed E-state index contributed by atoms with van der Waals surface area (Å²) in [6, 6.07) is 14.4. The van der Waals surface area contributed by atoms with Gasteiger partial charge in [-0.3, -0.25) is 9.10 Å². The standard InChI is InChI=1S/C28H27F2NO4S/c1-18-3-2-4-24(13-18)36(33,34)31-17-23(10-9-22(32)14-19-5-6-19)35-28-12-7-20(15-27(28)31)25-16-21(29)8-11-26(25)30/h2-4,7-8,11-13,15-16,19,23H,5-6,9-10,14,17H2,1H3/t23-/m0/s1. The zero-order valence-corrected chi connectivity index (χ0v) is 20.7. The highest BCUT2D eigenvalue weighted by atomic mass is 32.2. The number of Topliss-reactive ketones (excluding diaryl/α,β-unsaturated/α-hetero) is 1. The van der Waals surface area contributed by atoms with E-state index in [-0.39, 0.29) is 28.5 Å². The van der Waals surface area contributed by atoms with E-state index in [4.69, 9.17) is 4.74 Å². The van der Waals surface area contributed by atoms with E-state index >= 15 is 0 Å². The van der Waals surface area contributed by atoms with Crippen molar-refractivity contribution in [1.82, 2.24) is 0 Å². The molecule has 5 rings (SSSR count). The van der Waals surface area contributed by atoms with Crippen LogP contribution < -0.4 is 9.04 Å². The summed E-state index contributed by atoms with van der Waals surface area (Å²) in [7, 11) is -4.00. The van der Waals surface area contributed by atoms with Crippen molar-refractivity contribution < 1.29 is 26.7 Å². The number of hydrogen-bond donors (Lipinski definition) is 0. The molecule has 2 aliphatic rings. The Hall–Kier alpha value is -3.26. The Bertz CT molecular complexity index is 1420. The summed E-state index contributed by atoms with van der Waals surface area (Å²) in [4.78, 5) is 12.5. The van der Waals surface area contributed by atoms with Gasteiger partial charge in [0, 0.05) is 18.4 Å². The lowest BCUT2D eigenvalue weighted by atomic mass is 10.0.